The highest BCUT2D eigenvalue weighted by molar-refractivity contribution is 7.99. The number of thioether (sulfide) groups is 1. The van der Waals surface area contributed by atoms with Gasteiger partial charge in [-0.25, -0.2) is 4.98 Å². The molecular formula is C21H29N3O2S. The van der Waals surface area contributed by atoms with E-state index in [4.69, 9.17) is 0 Å². The molecule has 3 atom stereocenters. The molecule has 1 heterocycles. The van der Waals surface area contributed by atoms with E-state index in [1.54, 1.807) is 4.57 Å². The lowest BCUT2D eigenvalue weighted by Gasteiger charge is -2.34. The molecule has 2 aromatic rings. The van der Waals surface area contributed by atoms with Gasteiger partial charge in [-0.3, -0.25) is 14.2 Å². The number of aromatic nitrogens is 2. The fraction of sp³-hybridized carbons (Fsp3) is 0.571. The highest BCUT2D eigenvalue weighted by Gasteiger charge is 2.28. The molecule has 1 amide bonds. The van der Waals surface area contributed by atoms with Crippen molar-refractivity contribution in [1.29, 1.82) is 0 Å². The molecule has 0 radical (unpaired) electrons. The molecule has 5 nitrogen and oxygen atoms in total. The summed E-state index contributed by atoms with van der Waals surface area (Å²) in [6.45, 7) is 7.14. The fourth-order valence-corrected chi connectivity index (χ4v) is 4.68. The van der Waals surface area contributed by atoms with Crippen molar-refractivity contribution in [3.05, 3.63) is 34.6 Å². The smallest absolute Gasteiger partial charge is 0.262 e. The van der Waals surface area contributed by atoms with Crippen molar-refractivity contribution >= 4 is 28.6 Å². The number of hydrogen-bond acceptors (Lipinski definition) is 4. The Morgan fingerprint density at radius 2 is 2.07 bits per heavy atom. The summed E-state index contributed by atoms with van der Waals surface area (Å²) in [6.07, 6.45) is 4.31. The average molecular weight is 388 g/mol. The van der Waals surface area contributed by atoms with Crippen LogP contribution in [-0.4, -0.2) is 27.3 Å². The Bertz CT molecular complexity index is 864. The van der Waals surface area contributed by atoms with E-state index in [2.05, 4.69) is 24.1 Å². The second-order valence-corrected chi connectivity index (χ2v) is 8.54. The third-order valence-electron chi connectivity index (χ3n) is 5.66. The zero-order valence-electron chi connectivity index (χ0n) is 16.4. The topological polar surface area (TPSA) is 64.0 Å². The van der Waals surface area contributed by atoms with E-state index in [9.17, 15) is 9.59 Å². The molecule has 0 saturated heterocycles. The summed E-state index contributed by atoms with van der Waals surface area (Å²) in [4.78, 5) is 29.9. The van der Waals surface area contributed by atoms with Crippen LogP contribution in [0.25, 0.3) is 10.9 Å². The van der Waals surface area contributed by atoms with E-state index in [-0.39, 0.29) is 23.3 Å². The highest BCUT2D eigenvalue weighted by Crippen LogP contribution is 2.29. The van der Waals surface area contributed by atoms with Crippen LogP contribution in [0.3, 0.4) is 0 Å². The first-order valence-corrected chi connectivity index (χ1v) is 10.9. The molecule has 1 aliphatic carbocycles. The van der Waals surface area contributed by atoms with Gasteiger partial charge in [0.15, 0.2) is 5.16 Å². The standard InChI is InChI=1S/C21H29N3O2S/c1-4-12-24-20(26)16-9-5-6-10-18(16)23-21(24)27-13-19(25)22-17-11-7-8-14(2)15(17)3/h5-6,9-10,14-15,17H,4,7-8,11-13H2,1-3H3,(H,22,25)/t14-,15-,17+/m0/s1. The number of nitrogens with one attached hydrogen (secondary N) is 1. The quantitative estimate of drug-likeness (QED) is 0.604. The first-order chi connectivity index (χ1) is 13.0. The summed E-state index contributed by atoms with van der Waals surface area (Å²) in [6, 6.07) is 7.65. The molecule has 146 valence electrons. The van der Waals surface area contributed by atoms with Gasteiger partial charge in [-0.15, -0.1) is 0 Å². The van der Waals surface area contributed by atoms with Crippen LogP contribution in [0.4, 0.5) is 0 Å². The van der Waals surface area contributed by atoms with Crippen LogP contribution in [0.15, 0.2) is 34.2 Å². The Hall–Kier alpha value is -1.82. The zero-order chi connectivity index (χ0) is 19.4. The van der Waals surface area contributed by atoms with E-state index in [0.29, 0.717) is 34.4 Å². The Morgan fingerprint density at radius 1 is 1.30 bits per heavy atom. The number of hydrogen-bond donors (Lipinski definition) is 1. The monoisotopic (exact) mass is 387 g/mol. The van der Waals surface area contributed by atoms with Gasteiger partial charge in [-0.1, -0.05) is 57.5 Å². The number of fused-ring (bicyclic) bond motifs is 1. The van der Waals surface area contributed by atoms with Gasteiger partial charge in [0, 0.05) is 12.6 Å². The van der Waals surface area contributed by atoms with Gasteiger partial charge in [0.25, 0.3) is 5.56 Å². The van der Waals surface area contributed by atoms with Crippen molar-refractivity contribution in [2.75, 3.05) is 5.75 Å². The van der Waals surface area contributed by atoms with E-state index < -0.39 is 0 Å². The molecule has 1 aliphatic rings. The van der Waals surface area contributed by atoms with Gasteiger partial charge < -0.3 is 5.32 Å². The summed E-state index contributed by atoms with van der Waals surface area (Å²) in [5, 5.41) is 4.45. The van der Waals surface area contributed by atoms with E-state index in [0.717, 1.165) is 12.8 Å². The Morgan fingerprint density at radius 3 is 2.85 bits per heavy atom. The summed E-state index contributed by atoms with van der Waals surface area (Å²) >= 11 is 1.35. The molecule has 0 bridgehead atoms. The first-order valence-electron chi connectivity index (χ1n) is 9.93. The summed E-state index contributed by atoms with van der Waals surface area (Å²) in [5.74, 6) is 1.46. The van der Waals surface area contributed by atoms with E-state index >= 15 is 0 Å². The van der Waals surface area contributed by atoms with Crippen molar-refractivity contribution < 1.29 is 4.79 Å². The van der Waals surface area contributed by atoms with Crippen LogP contribution in [0.5, 0.6) is 0 Å². The maximum atomic E-state index is 12.8. The third-order valence-corrected chi connectivity index (χ3v) is 6.64. The minimum atomic E-state index is -0.0277. The van der Waals surface area contributed by atoms with Crippen LogP contribution in [0.2, 0.25) is 0 Å². The largest absolute Gasteiger partial charge is 0.352 e. The number of rotatable bonds is 6. The molecule has 1 saturated carbocycles. The van der Waals surface area contributed by atoms with Gasteiger partial charge >= 0.3 is 0 Å². The van der Waals surface area contributed by atoms with E-state index in [1.807, 2.05) is 31.2 Å². The molecule has 1 N–H and O–H groups in total. The molecule has 0 unspecified atom stereocenters. The third kappa shape index (κ3) is 4.54. The molecular weight excluding hydrogens is 358 g/mol. The van der Waals surface area contributed by atoms with Gasteiger partial charge in [0.05, 0.1) is 16.7 Å². The molecule has 1 fully saturated rings. The lowest BCUT2D eigenvalue weighted by molar-refractivity contribution is -0.120. The van der Waals surface area contributed by atoms with Crippen molar-refractivity contribution in [3.63, 3.8) is 0 Å². The van der Waals surface area contributed by atoms with Crippen molar-refractivity contribution in [2.45, 2.75) is 64.2 Å². The lowest BCUT2D eigenvalue weighted by Crippen LogP contribution is -2.44. The number of carbonyl (C=O) groups is 1. The SMILES string of the molecule is CCCn1c(SCC(=O)N[C@@H]2CCC[C@H](C)[C@@H]2C)nc2ccccc2c1=O. The van der Waals surface area contributed by atoms with Crippen molar-refractivity contribution in [3.8, 4) is 0 Å². The maximum Gasteiger partial charge on any atom is 0.262 e. The number of para-hydroxylation sites is 1. The minimum absolute atomic E-state index is 0.0245. The number of nitrogens with zero attached hydrogens (tertiary/aromatic N) is 2. The Kier molecular flexibility index (Phi) is 6.58. The van der Waals surface area contributed by atoms with Crippen LogP contribution >= 0.6 is 11.8 Å². The highest BCUT2D eigenvalue weighted by atomic mass is 32.2. The predicted octanol–water partition coefficient (Wildman–Crippen LogP) is 3.84. The molecule has 3 rings (SSSR count). The second-order valence-electron chi connectivity index (χ2n) is 7.60. The number of carbonyl (C=O) groups excluding carboxylic acids is 1. The number of benzene rings is 1. The van der Waals surface area contributed by atoms with Crippen molar-refractivity contribution in [1.82, 2.24) is 14.9 Å². The van der Waals surface area contributed by atoms with Crippen LogP contribution in [0, 0.1) is 11.8 Å². The Labute approximate surface area is 164 Å². The van der Waals surface area contributed by atoms with E-state index in [1.165, 1.54) is 24.6 Å². The average Bonchev–Trinajstić information content (AvgIpc) is 2.66. The Balaban J connectivity index is 1.73. The zero-order valence-corrected chi connectivity index (χ0v) is 17.2. The second kappa shape index (κ2) is 8.91. The molecule has 1 aromatic heterocycles. The molecule has 27 heavy (non-hydrogen) atoms. The molecule has 1 aromatic carbocycles. The summed E-state index contributed by atoms with van der Waals surface area (Å²) in [5.41, 5.74) is 0.660. The van der Waals surface area contributed by atoms with Crippen LogP contribution in [-0.2, 0) is 11.3 Å². The summed E-state index contributed by atoms with van der Waals surface area (Å²) in [7, 11) is 0. The molecule has 6 heteroatoms. The maximum absolute atomic E-state index is 12.8. The normalized spacial score (nSPS) is 22.7. The molecule has 0 spiro atoms. The lowest BCUT2D eigenvalue weighted by atomic mass is 9.78. The van der Waals surface area contributed by atoms with Gasteiger partial charge in [0.2, 0.25) is 5.91 Å². The minimum Gasteiger partial charge on any atom is -0.352 e. The predicted molar refractivity (Wildman–Crippen MR) is 111 cm³/mol. The van der Waals surface area contributed by atoms with Crippen LogP contribution in [0.1, 0.15) is 46.5 Å². The van der Waals surface area contributed by atoms with Crippen molar-refractivity contribution in [2.24, 2.45) is 11.8 Å². The van der Waals surface area contributed by atoms with Gasteiger partial charge in [-0.05, 0) is 36.8 Å². The van der Waals surface area contributed by atoms with Crippen LogP contribution < -0.4 is 10.9 Å². The van der Waals surface area contributed by atoms with Gasteiger partial charge in [0.1, 0.15) is 0 Å². The number of amides is 1. The summed E-state index contributed by atoms with van der Waals surface area (Å²) < 4.78 is 1.70. The fourth-order valence-electron chi connectivity index (χ4n) is 3.84. The first kappa shape index (κ1) is 19.9. The molecule has 0 aliphatic heterocycles. The van der Waals surface area contributed by atoms with Gasteiger partial charge in [-0.2, -0.15) is 0 Å².